The maximum atomic E-state index is 9.21. The summed E-state index contributed by atoms with van der Waals surface area (Å²) in [6.07, 6.45) is 5.24. The van der Waals surface area contributed by atoms with E-state index in [2.05, 4.69) is 25.3 Å². The molecule has 0 bridgehead atoms. The molecule has 16 heavy (non-hydrogen) atoms. The number of fused-ring (bicyclic) bond motifs is 1. The van der Waals surface area contributed by atoms with E-state index in [0.29, 0.717) is 5.65 Å². The van der Waals surface area contributed by atoms with E-state index in [1.807, 2.05) is 0 Å². The van der Waals surface area contributed by atoms with Crippen molar-refractivity contribution in [3.63, 3.8) is 0 Å². The van der Waals surface area contributed by atoms with Crippen LogP contribution in [0, 0.1) is 5.41 Å². The molecule has 6 heteroatoms. The van der Waals surface area contributed by atoms with Crippen LogP contribution in [-0.4, -0.2) is 38.2 Å². The first-order valence-electron chi connectivity index (χ1n) is 5.32. The van der Waals surface area contributed by atoms with Crippen LogP contribution in [-0.2, 0) is 0 Å². The lowest BCUT2D eigenvalue weighted by Gasteiger charge is -2.13. The van der Waals surface area contributed by atoms with E-state index in [-0.39, 0.29) is 12.0 Å². The van der Waals surface area contributed by atoms with Gasteiger partial charge in [0.25, 0.3) is 0 Å². The van der Waals surface area contributed by atoms with Crippen LogP contribution < -0.4 is 5.32 Å². The van der Waals surface area contributed by atoms with Crippen molar-refractivity contribution >= 4 is 17.0 Å². The minimum atomic E-state index is 0.0668. The van der Waals surface area contributed by atoms with Gasteiger partial charge in [-0.1, -0.05) is 0 Å². The number of H-pyrrole nitrogens is 1. The molecule has 0 radical (unpaired) electrons. The monoisotopic (exact) mass is 219 g/mol. The summed E-state index contributed by atoms with van der Waals surface area (Å²) >= 11 is 0. The molecule has 6 nitrogen and oxygen atoms in total. The highest BCUT2D eigenvalue weighted by molar-refractivity contribution is 5.81. The minimum absolute atomic E-state index is 0.0668. The number of imidazole rings is 1. The lowest BCUT2D eigenvalue weighted by Crippen LogP contribution is -2.19. The van der Waals surface area contributed by atoms with Gasteiger partial charge in [-0.2, -0.15) is 0 Å². The number of hydrogen-bond donors (Lipinski definition) is 3. The summed E-state index contributed by atoms with van der Waals surface area (Å²) < 4.78 is 0. The van der Waals surface area contributed by atoms with Crippen LogP contribution in [0.25, 0.3) is 11.2 Å². The van der Waals surface area contributed by atoms with Crippen LogP contribution in [0.15, 0.2) is 12.7 Å². The Morgan fingerprint density at radius 3 is 3.00 bits per heavy atom. The molecule has 0 spiro atoms. The molecule has 3 N–H and O–H groups in total. The average molecular weight is 219 g/mol. The predicted octanol–water partition coefficient (Wildman–Crippen LogP) is 0.537. The zero-order valence-electron chi connectivity index (χ0n) is 8.77. The van der Waals surface area contributed by atoms with Crippen LogP contribution in [0.5, 0.6) is 0 Å². The quantitative estimate of drug-likeness (QED) is 0.698. The van der Waals surface area contributed by atoms with E-state index in [4.69, 9.17) is 0 Å². The Morgan fingerprint density at radius 2 is 2.25 bits per heavy atom. The van der Waals surface area contributed by atoms with Gasteiger partial charge in [0.1, 0.15) is 11.8 Å². The second-order valence-electron chi connectivity index (χ2n) is 4.34. The Kier molecular flexibility index (Phi) is 2.03. The molecule has 0 amide bonds. The van der Waals surface area contributed by atoms with Gasteiger partial charge >= 0.3 is 0 Å². The Balaban J connectivity index is 1.81. The SMILES string of the molecule is OCC1(CNc2ncnc3nc[nH]c23)CC1. The first kappa shape index (κ1) is 9.53. The van der Waals surface area contributed by atoms with Gasteiger partial charge in [0.15, 0.2) is 11.5 Å². The molecule has 0 aliphatic heterocycles. The number of aliphatic hydroxyl groups is 1. The lowest BCUT2D eigenvalue weighted by atomic mass is 10.1. The number of rotatable bonds is 4. The van der Waals surface area contributed by atoms with Crippen molar-refractivity contribution in [2.24, 2.45) is 5.41 Å². The predicted molar refractivity (Wildman–Crippen MR) is 58.9 cm³/mol. The van der Waals surface area contributed by atoms with Crippen molar-refractivity contribution in [2.45, 2.75) is 12.8 Å². The topological polar surface area (TPSA) is 86.7 Å². The number of nitrogens with one attached hydrogen (secondary N) is 2. The normalized spacial score (nSPS) is 17.6. The van der Waals surface area contributed by atoms with Gasteiger partial charge in [-0.3, -0.25) is 0 Å². The zero-order chi connectivity index (χ0) is 11.0. The highest BCUT2D eigenvalue weighted by Gasteiger charge is 2.41. The van der Waals surface area contributed by atoms with E-state index < -0.39 is 0 Å². The van der Waals surface area contributed by atoms with Gasteiger partial charge in [-0.25, -0.2) is 15.0 Å². The van der Waals surface area contributed by atoms with Crippen LogP contribution in [0.4, 0.5) is 5.82 Å². The molecule has 3 rings (SSSR count). The van der Waals surface area contributed by atoms with Crippen LogP contribution in [0.3, 0.4) is 0 Å². The van der Waals surface area contributed by atoms with Crippen molar-refractivity contribution < 1.29 is 5.11 Å². The Morgan fingerprint density at radius 1 is 1.38 bits per heavy atom. The summed E-state index contributed by atoms with van der Waals surface area (Å²) in [5.41, 5.74) is 1.54. The van der Waals surface area contributed by atoms with Gasteiger partial charge in [0.05, 0.1) is 12.9 Å². The number of hydrogen-bond acceptors (Lipinski definition) is 5. The molecule has 2 aromatic rings. The maximum Gasteiger partial charge on any atom is 0.182 e. The molecule has 2 heterocycles. The summed E-state index contributed by atoms with van der Waals surface area (Å²) in [5, 5.41) is 12.5. The third-order valence-corrected chi connectivity index (χ3v) is 3.15. The van der Waals surface area contributed by atoms with E-state index >= 15 is 0 Å². The Hall–Kier alpha value is -1.69. The maximum absolute atomic E-state index is 9.21. The summed E-state index contributed by atoms with van der Waals surface area (Å²) in [4.78, 5) is 15.3. The second-order valence-corrected chi connectivity index (χ2v) is 4.34. The molecule has 0 unspecified atom stereocenters. The molecular weight excluding hydrogens is 206 g/mol. The fraction of sp³-hybridized carbons (Fsp3) is 0.500. The number of nitrogens with zero attached hydrogens (tertiary/aromatic N) is 3. The average Bonchev–Trinajstić information content (AvgIpc) is 2.94. The summed E-state index contributed by atoms with van der Waals surface area (Å²) in [5.74, 6) is 0.752. The Bertz CT molecular complexity index is 505. The number of anilines is 1. The fourth-order valence-electron chi connectivity index (χ4n) is 1.74. The molecular formula is C10H13N5O. The second kappa shape index (κ2) is 3.41. The first-order valence-corrected chi connectivity index (χ1v) is 5.32. The molecule has 1 aliphatic carbocycles. The fourth-order valence-corrected chi connectivity index (χ4v) is 1.74. The number of aromatic nitrogens is 4. The highest BCUT2D eigenvalue weighted by atomic mass is 16.3. The molecule has 1 saturated carbocycles. The molecule has 84 valence electrons. The molecule has 1 aliphatic rings. The van der Waals surface area contributed by atoms with E-state index in [1.165, 1.54) is 6.33 Å². The van der Waals surface area contributed by atoms with Gasteiger partial charge < -0.3 is 15.4 Å². The van der Waals surface area contributed by atoms with Crippen LogP contribution >= 0.6 is 0 Å². The minimum Gasteiger partial charge on any atom is -0.396 e. The number of aromatic amines is 1. The summed E-state index contributed by atoms with van der Waals surface area (Å²) in [6, 6.07) is 0. The molecule has 0 atom stereocenters. The lowest BCUT2D eigenvalue weighted by molar-refractivity contribution is 0.219. The van der Waals surface area contributed by atoms with E-state index in [0.717, 1.165) is 30.7 Å². The van der Waals surface area contributed by atoms with Gasteiger partial charge in [0, 0.05) is 12.0 Å². The van der Waals surface area contributed by atoms with Crippen LogP contribution in [0.2, 0.25) is 0 Å². The molecule has 0 saturated heterocycles. The molecule has 1 fully saturated rings. The van der Waals surface area contributed by atoms with E-state index in [1.54, 1.807) is 6.33 Å². The summed E-state index contributed by atoms with van der Waals surface area (Å²) in [7, 11) is 0. The molecule has 0 aromatic carbocycles. The van der Waals surface area contributed by atoms with Crippen molar-refractivity contribution in [3.8, 4) is 0 Å². The van der Waals surface area contributed by atoms with Gasteiger partial charge in [-0.15, -0.1) is 0 Å². The smallest absolute Gasteiger partial charge is 0.182 e. The van der Waals surface area contributed by atoms with Gasteiger partial charge in [0.2, 0.25) is 0 Å². The van der Waals surface area contributed by atoms with E-state index in [9.17, 15) is 5.11 Å². The summed E-state index contributed by atoms with van der Waals surface area (Å²) in [6.45, 7) is 0.978. The Labute approximate surface area is 92.1 Å². The van der Waals surface area contributed by atoms with Gasteiger partial charge in [-0.05, 0) is 12.8 Å². The largest absolute Gasteiger partial charge is 0.396 e. The standard InChI is InChI=1S/C10H13N5O/c16-4-10(1-2-10)3-11-8-7-9(13-5-12-7)15-6-14-8/h5-6,16H,1-4H2,(H2,11,12,13,14,15). The zero-order valence-corrected chi connectivity index (χ0v) is 8.77. The van der Waals surface area contributed by atoms with Crippen molar-refractivity contribution in [3.05, 3.63) is 12.7 Å². The van der Waals surface area contributed by atoms with Crippen molar-refractivity contribution in [2.75, 3.05) is 18.5 Å². The number of aliphatic hydroxyl groups excluding tert-OH is 1. The third-order valence-electron chi connectivity index (χ3n) is 3.15. The highest BCUT2D eigenvalue weighted by Crippen LogP contribution is 2.44. The molecule has 2 aromatic heterocycles. The third kappa shape index (κ3) is 1.51. The first-order chi connectivity index (χ1) is 7.83. The van der Waals surface area contributed by atoms with Crippen LogP contribution in [0.1, 0.15) is 12.8 Å². The van der Waals surface area contributed by atoms with Crippen molar-refractivity contribution in [1.29, 1.82) is 0 Å². The van der Waals surface area contributed by atoms with Crippen molar-refractivity contribution in [1.82, 2.24) is 19.9 Å².